The van der Waals surface area contributed by atoms with E-state index in [-0.39, 0.29) is 6.04 Å². The van der Waals surface area contributed by atoms with Gasteiger partial charge in [-0.3, -0.25) is 0 Å². The van der Waals surface area contributed by atoms with Crippen LogP contribution in [0.5, 0.6) is 0 Å². The maximum Gasteiger partial charge on any atom is 0.0636 e. The van der Waals surface area contributed by atoms with Crippen molar-refractivity contribution in [2.24, 2.45) is 5.73 Å². The van der Waals surface area contributed by atoms with Gasteiger partial charge in [-0.1, -0.05) is 46.3 Å². The summed E-state index contributed by atoms with van der Waals surface area (Å²) in [5, 5.41) is 3.47. The maximum atomic E-state index is 5.85. The van der Waals surface area contributed by atoms with Crippen LogP contribution in [0.2, 0.25) is 0 Å². The second-order valence-electron chi connectivity index (χ2n) is 4.36. The Morgan fingerprint density at radius 1 is 1.17 bits per heavy atom. The number of hydrogen-bond donors (Lipinski definition) is 2. The van der Waals surface area contributed by atoms with Crippen LogP contribution >= 0.6 is 15.9 Å². The normalized spacial score (nSPS) is 12.2. The van der Waals surface area contributed by atoms with Crippen molar-refractivity contribution in [1.29, 1.82) is 0 Å². The van der Waals surface area contributed by atoms with Crippen molar-refractivity contribution in [2.75, 3.05) is 11.9 Å². The zero-order valence-corrected chi connectivity index (χ0v) is 11.9. The Kier molecular flexibility index (Phi) is 4.39. The number of nitrogens with one attached hydrogen (secondary N) is 1. The summed E-state index contributed by atoms with van der Waals surface area (Å²) in [5.41, 5.74) is 9.36. The lowest BCUT2D eigenvalue weighted by molar-refractivity contribution is 0.790. The Labute approximate surface area is 116 Å². The van der Waals surface area contributed by atoms with Crippen molar-refractivity contribution in [3.63, 3.8) is 0 Å². The van der Waals surface area contributed by atoms with Crippen molar-refractivity contribution < 1.29 is 0 Å². The molecule has 0 fully saturated rings. The first-order valence-electron chi connectivity index (χ1n) is 5.98. The van der Waals surface area contributed by atoms with Gasteiger partial charge in [-0.25, -0.2) is 0 Å². The summed E-state index contributed by atoms with van der Waals surface area (Å²) in [6, 6.07) is 16.7. The first-order valence-corrected chi connectivity index (χ1v) is 6.77. The van der Waals surface area contributed by atoms with E-state index in [1.807, 2.05) is 18.2 Å². The lowest BCUT2D eigenvalue weighted by atomic mass is 10.1. The number of nitrogens with two attached hydrogens (primary N) is 1. The zero-order valence-electron chi connectivity index (χ0n) is 10.4. The highest BCUT2D eigenvalue weighted by Crippen LogP contribution is 2.23. The van der Waals surface area contributed by atoms with E-state index in [0.717, 1.165) is 10.2 Å². The summed E-state index contributed by atoms with van der Waals surface area (Å²) in [6.45, 7) is 2.64. The molecule has 18 heavy (non-hydrogen) atoms. The average molecular weight is 305 g/mol. The lowest BCUT2D eigenvalue weighted by Crippen LogP contribution is -2.20. The molecule has 0 aliphatic heterocycles. The molecule has 94 valence electrons. The minimum absolute atomic E-state index is 0.139. The van der Waals surface area contributed by atoms with Crippen molar-refractivity contribution in [3.8, 4) is 0 Å². The highest BCUT2D eigenvalue weighted by Gasteiger charge is 2.09. The fourth-order valence-corrected chi connectivity index (χ4v) is 2.59. The van der Waals surface area contributed by atoms with Crippen LogP contribution in [-0.4, -0.2) is 6.54 Å². The van der Waals surface area contributed by atoms with Crippen LogP contribution in [0.3, 0.4) is 0 Å². The van der Waals surface area contributed by atoms with Crippen LogP contribution in [0, 0.1) is 6.92 Å². The molecule has 3 heteroatoms. The first-order chi connectivity index (χ1) is 8.69. The molecule has 0 spiro atoms. The Balaban J connectivity index is 2.20. The number of hydrogen-bond acceptors (Lipinski definition) is 2. The molecule has 0 saturated carbocycles. The molecule has 1 unspecified atom stereocenters. The van der Waals surface area contributed by atoms with E-state index in [0.29, 0.717) is 6.54 Å². The summed E-state index contributed by atoms with van der Waals surface area (Å²) < 4.78 is 1.08. The molecule has 1 atom stereocenters. The number of aryl methyl sites for hydroxylation is 1. The van der Waals surface area contributed by atoms with Crippen LogP contribution in [0.4, 0.5) is 5.69 Å². The first kappa shape index (κ1) is 13.1. The number of halogens is 1. The molecule has 3 N–H and O–H groups in total. The molecule has 0 saturated heterocycles. The fourth-order valence-electron chi connectivity index (χ4n) is 1.98. The third-order valence-electron chi connectivity index (χ3n) is 2.82. The van der Waals surface area contributed by atoms with E-state index >= 15 is 0 Å². The summed E-state index contributed by atoms with van der Waals surface area (Å²) >= 11 is 3.51. The molecular formula is C15H17BrN2. The zero-order chi connectivity index (χ0) is 13.0. The topological polar surface area (TPSA) is 38.0 Å². The van der Waals surface area contributed by atoms with E-state index in [9.17, 15) is 0 Å². The molecule has 0 bridgehead atoms. The average Bonchev–Trinajstić information content (AvgIpc) is 2.36. The Bertz CT molecular complexity index is 491. The Morgan fingerprint density at radius 3 is 2.50 bits per heavy atom. The van der Waals surface area contributed by atoms with Gasteiger partial charge in [0.05, 0.1) is 6.04 Å². The van der Waals surface area contributed by atoms with Crippen molar-refractivity contribution in [2.45, 2.75) is 13.0 Å². The quantitative estimate of drug-likeness (QED) is 0.900. The molecule has 0 amide bonds. The molecule has 2 aromatic rings. The minimum Gasteiger partial charge on any atom is -0.377 e. The van der Waals surface area contributed by atoms with Gasteiger partial charge < -0.3 is 11.1 Å². The van der Waals surface area contributed by atoms with E-state index < -0.39 is 0 Å². The van der Waals surface area contributed by atoms with Crippen molar-refractivity contribution in [1.82, 2.24) is 0 Å². The minimum atomic E-state index is 0.139. The lowest BCUT2D eigenvalue weighted by Gasteiger charge is -2.19. The molecule has 2 aromatic carbocycles. The Morgan fingerprint density at radius 2 is 1.89 bits per heavy atom. The maximum absolute atomic E-state index is 5.85. The van der Waals surface area contributed by atoms with Gasteiger partial charge >= 0.3 is 0 Å². The monoisotopic (exact) mass is 304 g/mol. The SMILES string of the molecule is Cc1cc(Br)cc(NC(CN)c2ccccc2)c1. The van der Waals surface area contributed by atoms with Crippen molar-refractivity contribution >= 4 is 21.6 Å². The van der Waals surface area contributed by atoms with E-state index in [1.54, 1.807) is 0 Å². The molecule has 0 radical (unpaired) electrons. The third kappa shape index (κ3) is 3.34. The standard InChI is InChI=1S/C15H17BrN2/c1-11-7-13(16)9-14(8-11)18-15(10-17)12-5-3-2-4-6-12/h2-9,15,18H,10,17H2,1H3. The predicted octanol–water partition coefficient (Wildman–Crippen LogP) is 3.87. The summed E-state index contributed by atoms with van der Waals surface area (Å²) in [6.07, 6.45) is 0. The van der Waals surface area contributed by atoms with Gasteiger partial charge in [0.25, 0.3) is 0 Å². The molecular weight excluding hydrogens is 288 g/mol. The molecule has 0 aromatic heterocycles. The fraction of sp³-hybridized carbons (Fsp3) is 0.200. The molecule has 0 aliphatic carbocycles. The van der Waals surface area contributed by atoms with E-state index in [2.05, 4.69) is 58.5 Å². The van der Waals surface area contributed by atoms with Gasteiger partial charge in [-0.2, -0.15) is 0 Å². The number of anilines is 1. The summed E-state index contributed by atoms with van der Waals surface area (Å²) in [7, 11) is 0. The van der Waals surface area contributed by atoms with Crippen LogP contribution in [0.1, 0.15) is 17.2 Å². The summed E-state index contributed by atoms with van der Waals surface area (Å²) in [5.74, 6) is 0. The number of benzene rings is 2. The van der Waals surface area contributed by atoms with Crippen molar-refractivity contribution in [3.05, 3.63) is 64.1 Å². The highest BCUT2D eigenvalue weighted by molar-refractivity contribution is 9.10. The van der Waals surface area contributed by atoms with Gasteiger partial charge in [-0.15, -0.1) is 0 Å². The molecule has 2 nitrogen and oxygen atoms in total. The van der Waals surface area contributed by atoms with Crippen LogP contribution < -0.4 is 11.1 Å². The van der Waals surface area contributed by atoms with E-state index in [1.165, 1.54) is 11.1 Å². The number of rotatable bonds is 4. The van der Waals surface area contributed by atoms with Gasteiger partial charge in [0.15, 0.2) is 0 Å². The van der Waals surface area contributed by atoms with Gasteiger partial charge in [0.2, 0.25) is 0 Å². The molecule has 0 heterocycles. The van der Waals surface area contributed by atoms with Gasteiger partial charge in [0.1, 0.15) is 0 Å². The second-order valence-corrected chi connectivity index (χ2v) is 5.28. The smallest absolute Gasteiger partial charge is 0.0636 e. The summed E-state index contributed by atoms with van der Waals surface area (Å²) in [4.78, 5) is 0. The van der Waals surface area contributed by atoms with Crippen LogP contribution in [-0.2, 0) is 0 Å². The van der Waals surface area contributed by atoms with Gasteiger partial charge in [0, 0.05) is 16.7 Å². The van der Waals surface area contributed by atoms with Crippen LogP contribution in [0.15, 0.2) is 53.0 Å². The van der Waals surface area contributed by atoms with Crippen LogP contribution in [0.25, 0.3) is 0 Å². The molecule has 2 rings (SSSR count). The predicted molar refractivity (Wildman–Crippen MR) is 80.7 cm³/mol. The largest absolute Gasteiger partial charge is 0.377 e. The third-order valence-corrected chi connectivity index (χ3v) is 3.28. The molecule has 0 aliphatic rings. The Hall–Kier alpha value is -1.32. The van der Waals surface area contributed by atoms with Gasteiger partial charge in [-0.05, 0) is 36.2 Å². The highest BCUT2D eigenvalue weighted by atomic mass is 79.9. The second kappa shape index (κ2) is 6.03. The van der Waals surface area contributed by atoms with E-state index in [4.69, 9.17) is 5.73 Å².